The lowest BCUT2D eigenvalue weighted by atomic mass is 10.2. The van der Waals surface area contributed by atoms with Gasteiger partial charge in [-0.15, -0.1) is 5.10 Å². The Labute approximate surface area is 168 Å². The number of furan rings is 1. The van der Waals surface area contributed by atoms with E-state index >= 15 is 0 Å². The molecule has 1 amide bonds. The molecule has 0 saturated carbocycles. The first-order chi connectivity index (χ1) is 14.2. The number of carbonyl (C=O) groups excluding carboxylic acids is 1. The molecule has 0 aliphatic carbocycles. The number of aromatic nitrogens is 3. The molecule has 2 aromatic carbocycles. The number of hydrogen-bond donors (Lipinski definition) is 1. The van der Waals surface area contributed by atoms with E-state index in [1.165, 1.54) is 0 Å². The summed E-state index contributed by atoms with van der Waals surface area (Å²) in [5.41, 5.74) is 2.13. The summed E-state index contributed by atoms with van der Waals surface area (Å²) >= 11 is 0. The van der Waals surface area contributed by atoms with Crippen LogP contribution in [0.5, 0.6) is 5.75 Å². The van der Waals surface area contributed by atoms with Crippen molar-refractivity contribution in [2.24, 2.45) is 0 Å². The van der Waals surface area contributed by atoms with Crippen LogP contribution in [0.1, 0.15) is 27.4 Å². The van der Waals surface area contributed by atoms with Crippen molar-refractivity contribution in [1.82, 2.24) is 14.8 Å². The van der Waals surface area contributed by atoms with Crippen LogP contribution in [0.3, 0.4) is 0 Å². The minimum atomic E-state index is -0.412. The monoisotopic (exact) mass is 388 g/mol. The fourth-order valence-electron chi connectivity index (χ4n) is 2.81. The van der Waals surface area contributed by atoms with E-state index in [1.807, 2.05) is 61.5 Å². The van der Waals surface area contributed by atoms with E-state index < -0.39 is 5.91 Å². The molecule has 2 aromatic heterocycles. The molecule has 146 valence electrons. The largest absolute Gasteiger partial charge is 0.485 e. The molecule has 0 aliphatic heterocycles. The number of para-hydroxylation sites is 1. The highest BCUT2D eigenvalue weighted by atomic mass is 16.5. The molecule has 29 heavy (non-hydrogen) atoms. The quantitative estimate of drug-likeness (QED) is 0.516. The molecule has 0 unspecified atom stereocenters. The van der Waals surface area contributed by atoms with Crippen molar-refractivity contribution >= 4 is 11.9 Å². The van der Waals surface area contributed by atoms with E-state index in [0.29, 0.717) is 12.3 Å². The minimum Gasteiger partial charge on any atom is -0.485 e. The molecule has 0 atom stereocenters. The summed E-state index contributed by atoms with van der Waals surface area (Å²) in [6, 6.07) is 20.9. The zero-order valence-electron chi connectivity index (χ0n) is 15.9. The van der Waals surface area contributed by atoms with Crippen molar-refractivity contribution in [2.45, 2.75) is 20.1 Å². The Kier molecular flexibility index (Phi) is 5.38. The van der Waals surface area contributed by atoms with Gasteiger partial charge in [-0.25, -0.2) is 9.67 Å². The molecule has 0 bridgehead atoms. The highest BCUT2D eigenvalue weighted by molar-refractivity contribution is 6.01. The molecule has 1 N–H and O–H groups in total. The number of nitrogens with one attached hydrogen (secondary N) is 1. The van der Waals surface area contributed by atoms with E-state index in [4.69, 9.17) is 9.15 Å². The van der Waals surface area contributed by atoms with Gasteiger partial charge in [0.15, 0.2) is 5.76 Å². The summed E-state index contributed by atoms with van der Waals surface area (Å²) in [6.45, 7) is 2.78. The lowest BCUT2D eigenvalue weighted by Gasteiger charge is -2.06. The Balaban J connectivity index is 1.34. The van der Waals surface area contributed by atoms with Gasteiger partial charge in [-0.1, -0.05) is 48.5 Å². The van der Waals surface area contributed by atoms with E-state index in [-0.39, 0.29) is 18.3 Å². The van der Waals surface area contributed by atoms with Gasteiger partial charge in [0.05, 0.1) is 6.54 Å². The second-order valence-corrected chi connectivity index (χ2v) is 6.53. The fraction of sp³-hybridized carbons (Fsp3) is 0.136. The SMILES string of the molecule is Cc1ccccc1OCc1ccc(C(=O)Nc2ncn(Cc3ccccc3)n2)o1. The van der Waals surface area contributed by atoms with E-state index in [1.54, 1.807) is 23.1 Å². The van der Waals surface area contributed by atoms with Gasteiger partial charge < -0.3 is 9.15 Å². The topological polar surface area (TPSA) is 82.2 Å². The van der Waals surface area contributed by atoms with Crippen LogP contribution < -0.4 is 10.1 Å². The molecule has 0 spiro atoms. The Morgan fingerprint density at radius 2 is 1.86 bits per heavy atom. The molecule has 2 heterocycles. The summed E-state index contributed by atoms with van der Waals surface area (Å²) < 4.78 is 13.0. The molecular weight excluding hydrogens is 368 g/mol. The third-order valence-corrected chi connectivity index (χ3v) is 4.30. The van der Waals surface area contributed by atoms with Crippen molar-refractivity contribution in [3.05, 3.63) is 95.7 Å². The van der Waals surface area contributed by atoms with Gasteiger partial charge in [0.1, 0.15) is 24.4 Å². The van der Waals surface area contributed by atoms with Crippen LogP contribution in [-0.4, -0.2) is 20.7 Å². The van der Waals surface area contributed by atoms with Crippen LogP contribution in [0, 0.1) is 6.92 Å². The highest BCUT2D eigenvalue weighted by Gasteiger charge is 2.14. The Morgan fingerprint density at radius 1 is 1.07 bits per heavy atom. The second kappa shape index (κ2) is 8.43. The summed E-state index contributed by atoms with van der Waals surface area (Å²) in [5, 5.41) is 6.91. The van der Waals surface area contributed by atoms with Crippen LogP contribution in [0.2, 0.25) is 0 Å². The molecule has 7 heteroatoms. The molecule has 4 aromatic rings. The van der Waals surface area contributed by atoms with Gasteiger partial charge in [-0.3, -0.25) is 10.1 Å². The number of nitrogens with zero attached hydrogens (tertiary/aromatic N) is 3. The molecule has 7 nitrogen and oxygen atoms in total. The van der Waals surface area contributed by atoms with Crippen molar-refractivity contribution in [3.8, 4) is 5.75 Å². The number of rotatable bonds is 7. The zero-order chi connectivity index (χ0) is 20.1. The zero-order valence-corrected chi connectivity index (χ0v) is 15.9. The molecule has 0 aliphatic rings. The molecular formula is C22H20N4O3. The predicted octanol–water partition coefficient (Wildman–Crippen LogP) is 4.06. The molecule has 0 radical (unpaired) electrons. The van der Waals surface area contributed by atoms with E-state index in [0.717, 1.165) is 16.9 Å². The van der Waals surface area contributed by atoms with Gasteiger partial charge in [0.25, 0.3) is 5.91 Å². The lowest BCUT2D eigenvalue weighted by Crippen LogP contribution is -2.12. The van der Waals surface area contributed by atoms with Crippen LogP contribution in [0.25, 0.3) is 0 Å². The Hall–Kier alpha value is -3.87. The first-order valence-electron chi connectivity index (χ1n) is 9.19. The van der Waals surface area contributed by atoms with Gasteiger partial charge >= 0.3 is 0 Å². The number of anilines is 1. The number of benzene rings is 2. The first-order valence-corrected chi connectivity index (χ1v) is 9.19. The van der Waals surface area contributed by atoms with Crippen molar-refractivity contribution in [3.63, 3.8) is 0 Å². The van der Waals surface area contributed by atoms with Gasteiger partial charge in [-0.05, 0) is 36.2 Å². The molecule has 4 rings (SSSR count). The smallest absolute Gasteiger partial charge is 0.293 e. The number of carbonyl (C=O) groups is 1. The summed E-state index contributed by atoms with van der Waals surface area (Å²) in [4.78, 5) is 16.5. The van der Waals surface area contributed by atoms with Gasteiger partial charge in [-0.2, -0.15) is 0 Å². The van der Waals surface area contributed by atoms with Crippen LogP contribution in [-0.2, 0) is 13.2 Å². The standard InChI is InChI=1S/C22H20N4O3/c1-16-7-5-6-10-19(16)28-14-18-11-12-20(29-18)21(27)24-22-23-15-26(25-22)13-17-8-3-2-4-9-17/h2-12,15H,13-14H2,1H3,(H,24,25,27). The predicted molar refractivity (Wildman–Crippen MR) is 108 cm³/mol. The van der Waals surface area contributed by atoms with Gasteiger partial charge in [0.2, 0.25) is 5.95 Å². The molecule has 0 fully saturated rings. The fourth-order valence-corrected chi connectivity index (χ4v) is 2.81. The summed E-state index contributed by atoms with van der Waals surface area (Å²) in [5.74, 6) is 1.32. The van der Waals surface area contributed by atoms with E-state index in [2.05, 4.69) is 15.4 Å². The molecule has 0 saturated heterocycles. The Morgan fingerprint density at radius 3 is 2.69 bits per heavy atom. The first kappa shape index (κ1) is 18.5. The maximum absolute atomic E-state index is 12.4. The number of ether oxygens (including phenoxy) is 1. The van der Waals surface area contributed by atoms with Crippen LogP contribution in [0.15, 0.2) is 77.5 Å². The van der Waals surface area contributed by atoms with Crippen molar-refractivity contribution in [1.29, 1.82) is 0 Å². The summed E-state index contributed by atoms with van der Waals surface area (Å²) in [7, 11) is 0. The number of amides is 1. The third-order valence-electron chi connectivity index (χ3n) is 4.30. The van der Waals surface area contributed by atoms with Crippen LogP contribution >= 0.6 is 0 Å². The van der Waals surface area contributed by atoms with Crippen molar-refractivity contribution < 1.29 is 13.9 Å². The van der Waals surface area contributed by atoms with Crippen molar-refractivity contribution in [2.75, 3.05) is 5.32 Å². The highest BCUT2D eigenvalue weighted by Crippen LogP contribution is 2.19. The second-order valence-electron chi connectivity index (χ2n) is 6.53. The summed E-state index contributed by atoms with van der Waals surface area (Å²) in [6.07, 6.45) is 1.58. The average molecular weight is 388 g/mol. The van der Waals surface area contributed by atoms with Gasteiger partial charge in [0, 0.05) is 0 Å². The lowest BCUT2D eigenvalue weighted by molar-refractivity contribution is 0.0991. The van der Waals surface area contributed by atoms with E-state index in [9.17, 15) is 4.79 Å². The maximum atomic E-state index is 12.4. The van der Waals surface area contributed by atoms with Crippen LogP contribution in [0.4, 0.5) is 5.95 Å². The number of hydrogen-bond acceptors (Lipinski definition) is 5. The Bertz CT molecular complexity index is 1100. The third kappa shape index (κ3) is 4.70. The average Bonchev–Trinajstić information content (AvgIpc) is 3.38. The minimum absolute atomic E-state index is 0.174. The normalized spacial score (nSPS) is 10.7. The number of aryl methyl sites for hydroxylation is 1. The maximum Gasteiger partial charge on any atom is 0.293 e.